The van der Waals surface area contributed by atoms with Crippen molar-refractivity contribution in [2.24, 2.45) is 0 Å². The van der Waals surface area contributed by atoms with Crippen molar-refractivity contribution in [2.75, 3.05) is 35.2 Å². The monoisotopic (exact) mass is 412 g/mol. The summed E-state index contributed by atoms with van der Waals surface area (Å²) >= 11 is 5.96. The molecule has 7 nitrogen and oxygen atoms in total. The van der Waals surface area contributed by atoms with Crippen molar-refractivity contribution in [2.45, 2.75) is 19.4 Å². The van der Waals surface area contributed by atoms with Crippen LogP contribution in [-0.4, -0.2) is 48.3 Å². The Balaban J connectivity index is 1.37. The molecule has 0 bridgehead atoms. The lowest BCUT2D eigenvalue weighted by molar-refractivity contribution is -0.143. The maximum absolute atomic E-state index is 12.6. The number of halogens is 1. The van der Waals surface area contributed by atoms with Gasteiger partial charge in [0.05, 0.1) is 6.42 Å². The van der Waals surface area contributed by atoms with E-state index in [9.17, 15) is 14.4 Å². The van der Waals surface area contributed by atoms with Gasteiger partial charge in [0, 0.05) is 47.8 Å². The van der Waals surface area contributed by atoms with Crippen LogP contribution >= 0.6 is 11.6 Å². The maximum atomic E-state index is 12.6. The molecule has 2 heterocycles. The lowest BCUT2D eigenvalue weighted by Crippen LogP contribution is -2.55. The summed E-state index contributed by atoms with van der Waals surface area (Å²) in [5.74, 6) is -1.30. The lowest BCUT2D eigenvalue weighted by atomic mass is 10.1. The molecule has 0 unspecified atom stereocenters. The van der Waals surface area contributed by atoms with Crippen LogP contribution in [0.2, 0.25) is 5.02 Å². The number of benzene rings is 2. The van der Waals surface area contributed by atoms with E-state index in [-0.39, 0.29) is 18.4 Å². The number of fused-ring (bicyclic) bond motifs is 1. The molecule has 1 atom stereocenters. The fourth-order valence-corrected chi connectivity index (χ4v) is 3.92. The smallest absolute Gasteiger partial charge is 0.313 e. The van der Waals surface area contributed by atoms with Crippen LogP contribution in [0.1, 0.15) is 12.5 Å². The molecule has 1 saturated heterocycles. The molecule has 4 rings (SSSR count). The third kappa shape index (κ3) is 4.05. The molecule has 29 heavy (non-hydrogen) atoms. The second kappa shape index (κ2) is 7.75. The first kappa shape index (κ1) is 19.3. The van der Waals surface area contributed by atoms with Crippen molar-refractivity contribution in [3.63, 3.8) is 0 Å². The molecule has 2 N–H and O–H groups in total. The van der Waals surface area contributed by atoms with Crippen LogP contribution < -0.4 is 15.5 Å². The number of rotatable bonds is 2. The number of carbonyl (C=O) groups is 3. The minimum Gasteiger partial charge on any atom is -0.365 e. The molecule has 2 aliphatic rings. The van der Waals surface area contributed by atoms with Gasteiger partial charge in [-0.2, -0.15) is 0 Å². The Morgan fingerprint density at radius 2 is 1.90 bits per heavy atom. The van der Waals surface area contributed by atoms with Gasteiger partial charge in [0.2, 0.25) is 5.91 Å². The van der Waals surface area contributed by atoms with E-state index in [1.807, 2.05) is 31.2 Å². The lowest BCUT2D eigenvalue weighted by Gasteiger charge is -2.41. The van der Waals surface area contributed by atoms with Gasteiger partial charge in [0.1, 0.15) is 0 Å². The van der Waals surface area contributed by atoms with Crippen molar-refractivity contribution in [3.05, 3.63) is 53.1 Å². The second-order valence-electron chi connectivity index (χ2n) is 7.32. The molecule has 8 heteroatoms. The van der Waals surface area contributed by atoms with Crippen LogP contribution in [0, 0.1) is 0 Å². The zero-order valence-electron chi connectivity index (χ0n) is 15.9. The quantitative estimate of drug-likeness (QED) is 0.742. The molecule has 2 aromatic rings. The van der Waals surface area contributed by atoms with Crippen LogP contribution in [0.15, 0.2) is 42.5 Å². The number of carbonyl (C=O) groups excluding carboxylic acids is 3. The van der Waals surface area contributed by atoms with E-state index in [1.54, 1.807) is 23.1 Å². The Bertz CT molecular complexity index is 976. The van der Waals surface area contributed by atoms with Crippen LogP contribution in [0.5, 0.6) is 0 Å². The van der Waals surface area contributed by atoms with Gasteiger partial charge in [0.25, 0.3) is 0 Å². The van der Waals surface area contributed by atoms with E-state index in [2.05, 4.69) is 15.5 Å². The SMILES string of the molecule is C[C@@H]1CN(C(=O)C(=O)Nc2ccc3c(c2)CC(=O)N3)CCN1c1ccc(Cl)cc1. The molecule has 0 aliphatic carbocycles. The van der Waals surface area contributed by atoms with Crippen molar-refractivity contribution in [1.82, 2.24) is 4.90 Å². The zero-order chi connectivity index (χ0) is 20.5. The number of piperazine rings is 1. The molecule has 0 spiro atoms. The minimum absolute atomic E-state index is 0.0683. The van der Waals surface area contributed by atoms with E-state index < -0.39 is 11.8 Å². The summed E-state index contributed by atoms with van der Waals surface area (Å²) in [4.78, 5) is 40.3. The molecular formula is C21H21ClN4O3. The summed E-state index contributed by atoms with van der Waals surface area (Å²) in [7, 11) is 0. The molecule has 0 radical (unpaired) electrons. The van der Waals surface area contributed by atoms with Crippen LogP contribution in [0.3, 0.4) is 0 Å². The summed E-state index contributed by atoms with van der Waals surface area (Å²) in [6.07, 6.45) is 0.275. The predicted octanol–water partition coefficient (Wildman–Crippen LogP) is 2.51. The van der Waals surface area contributed by atoms with Gasteiger partial charge < -0.3 is 20.4 Å². The number of hydrogen-bond donors (Lipinski definition) is 2. The summed E-state index contributed by atoms with van der Waals surface area (Å²) in [6, 6.07) is 12.8. The molecule has 0 aromatic heterocycles. The highest BCUT2D eigenvalue weighted by Gasteiger charge is 2.30. The maximum Gasteiger partial charge on any atom is 0.313 e. The number of nitrogens with one attached hydrogen (secondary N) is 2. The number of amides is 3. The van der Waals surface area contributed by atoms with E-state index in [4.69, 9.17) is 11.6 Å². The van der Waals surface area contributed by atoms with Gasteiger partial charge in [-0.1, -0.05) is 11.6 Å². The van der Waals surface area contributed by atoms with E-state index >= 15 is 0 Å². The van der Waals surface area contributed by atoms with E-state index in [1.165, 1.54) is 0 Å². The normalized spacial score (nSPS) is 18.3. The highest BCUT2D eigenvalue weighted by atomic mass is 35.5. The first-order chi connectivity index (χ1) is 13.9. The van der Waals surface area contributed by atoms with Gasteiger partial charge in [-0.25, -0.2) is 0 Å². The standard InChI is InChI=1S/C21H21ClN4O3/c1-13-12-25(8-9-26(13)17-5-2-15(22)3-6-17)21(29)20(28)23-16-4-7-18-14(10-16)11-19(27)24-18/h2-7,10,13H,8-9,11-12H2,1H3,(H,23,28)(H,24,27)/t13-/m1/s1. The number of nitrogens with zero attached hydrogens (tertiary/aromatic N) is 2. The van der Waals surface area contributed by atoms with Crippen LogP contribution in [0.4, 0.5) is 17.1 Å². The summed E-state index contributed by atoms with van der Waals surface area (Å²) in [5, 5.41) is 6.07. The molecule has 0 saturated carbocycles. The van der Waals surface area contributed by atoms with Crippen molar-refractivity contribution in [3.8, 4) is 0 Å². The Labute approximate surface area is 173 Å². The fraction of sp³-hybridized carbons (Fsp3) is 0.286. The van der Waals surface area contributed by atoms with E-state index in [0.29, 0.717) is 30.3 Å². The fourth-order valence-electron chi connectivity index (χ4n) is 3.79. The first-order valence-electron chi connectivity index (χ1n) is 9.46. The molecule has 150 valence electrons. The van der Waals surface area contributed by atoms with Gasteiger partial charge in [-0.3, -0.25) is 14.4 Å². The molecular weight excluding hydrogens is 392 g/mol. The van der Waals surface area contributed by atoms with Gasteiger partial charge in [-0.05, 0) is 55.0 Å². The average Bonchev–Trinajstić information content (AvgIpc) is 3.07. The van der Waals surface area contributed by atoms with Gasteiger partial charge in [-0.15, -0.1) is 0 Å². The van der Waals surface area contributed by atoms with E-state index in [0.717, 1.165) is 16.9 Å². The number of anilines is 3. The Morgan fingerprint density at radius 3 is 2.62 bits per heavy atom. The van der Waals surface area contributed by atoms with Crippen LogP contribution in [-0.2, 0) is 20.8 Å². The highest BCUT2D eigenvalue weighted by molar-refractivity contribution is 6.39. The highest BCUT2D eigenvalue weighted by Crippen LogP contribution is 2.26. The third-order valence-electron chi connectivity index (χ3n) is 5.26. The van der Waals surface area contributed by atoms with Crippen molar-refractivity contribution < 1.29 is 14.4 Å². The van der Waals surface area contributed by atoms with Crippen molar-refractivity contribution >= 4 is 46.4 Å². The average molecular weight is 413 g/mol. The third-order valence-corrected chi connectivity index (χ3v) is 5.51. The van der Waals surface area contributed by atoms with Crippen molar-refractivity contribution in [1.29, 1.82) is 0 Å². The summed E-state index contributed by atoms with van der Waals surface area (Å²) in [5.41, 5.74) is 3.10. The van der Waals surface area contributed by atoms with Gasteiger partial charge in [0.15, 0.2) is 0 Å². The van der Waals surface area contributed by atoms with Gasteiger partial charge >= 0.3 is 11.8 Å². The Hall–Kier alpha value is -3.06. The largest absolute Gasteiger partial charge is 0.365 e. The molecule has 3 amide bonds. The Morgan fingerprint density at radius 1 is 1.14 bits per heavy atom. The molecule has 2 aromatic carbocycles. The predicted molar refractivity (Wildman–Crippen MR) is 112 cm³/mol. The van der Waals surface area contributed by atoms with Crippen LogP contribution in [0.25, 0.3) is 0 Å². The first-order valence-corrected chi connectivity index (χ1v) is 9.84. The number of hydrogen-bond acceptors (Lipinski definition) is 4. The topological polar surface area (TPSA) is 81.8 Å². The molecule has 1 fully saturated rings. The Kier molecular flexibility index (Phi) is 5.15. The zero-order valence-corrected chi connectivity index (χ0v) is 16.7. The summed E-state index contributed by atoms with van der Waals surface area (Å²) in [6.45, 7) is 3.57. The second-order valence-corrected chi connectivity index (χ2v) is 7.76. The summed E-state index contributed by atoms with van der Waals surface area (Å²) < 4.78 is 0. The molecule has 2 aliphatic heterocycles. The minimum atomic E-state index is -0.672.